The third-order valence-corrected chi connectivity index (χ3v) is 3.69. The van der Waals surface area contributed by atoms with Crippen LogP contribution < -0.4 is 15.4 Å². The number of nitrogens with one attached hydrogen (secondary N) is 2. The van der Waals surface area contributed by atoms with Crippen molar-refractivity contribution in [1.82, 2.24) is 5.32 Å². The van der Waals surface area contributed by atoms with Crippen molar-refractivity contribution < 1.29 is 14.3 Å². The fourth-order valence-corrected chi connectivity index (χ4v) is 2.81. The number of carbonyl (C=O) groups excluding carboxylic acids is 2. The van der Waals surface area contributed by atoms with Gasteiger partial charge in [0.05, 0.1) is 23.4 Å². The lowest BCUT2D eigenvalue weighted by Crippen LogP contribution is -2.20. The molecule has 0 saturated heterocycles. The molecule has 0 saturated carbocycles. The molecule has 2 amide bonds. The Morgan fingerprint density at radius 3 is 2.41 bits per heavy atom. The third kappa shape index (κ3) is 2.09. The summed E-state index contributed by atoms with van der Waals surface area (Å²) in [7, 11) is 0. The molecule has 1 aliphatic heterocycles. The zero-order valence-electron chi connectivity index (χ0n) is 12.7. The average Bonchev–Trinajstić information content (AvgIpc) is 2.82. The largest absolute Gasteiger partial charge is 0.491 e. The van der Waals surface area contributed by atoms with Gasteiger partial charge in [0.25, 0.3) is 11.8 Å². The van der Waals surface area contributed by atoms with Gasteiger partial charge in [0.2, 0.25) is 0 Å². The Bertz CT molecular complexity index is 768. The van der Waals surface area contributed by atoms with Gasteiger partial charge in [-0.1, -0.05) is 31.2 Å². The van der Waals surface area contributed by atoms with Crippen LogP contribution in [0.25, 0.3) is 10.8 Å². The Morgan fingerprint density at radius 1 is 1.05 bits per heavy atom. The number of amides is 2. The molecule has 0 aromatic heterocycles. The maximum atomic E-state index is 12.2. The van der Waals surface area contributed by atoms with Crippen LogP contribution in [0.5, 0.6) is 5.75 Å². The monoisotopic (exact) mass is 298 g/mol. The minimum absolute atomic E-state index is 0.348. The van der Waals surface area contributed by atoms with E-state index in [2.05, 4.69) is 10.6 Å². The summed E-state index contributed by atoms with van der Waals surface area (Å²) >= 11 is 0. The number of hydrogen-bond acceptors (Lipinski definition) is 4. The van der Waals surface area contributed by atoms with Gasteiger partial charge in [0.1, 0.15) is 0 Å². The summed E-state index contributed by atoms with van der Waals surface area (Å²) in [5.74, 6) is -0.0840. The normalized spacial score (nSPS) is 13.2. The number of rotatable bonds is 5. The van der Waals surface area contributed by atoms with Crippen LogP contribution in [0, 0.1) is 0 Å². The second kappa shape index (κ2) is 5.67. The quantitative estimate of drug-likeness (QED) is 0.833. The molecule has 3 rings (SSSR count). The molecule has 2 aromatic rings. The lowest BCUT2D eigenvalue weighted by molar-refractivity contribution is 0.0880. The van der Waals surface area contributed by atoms with Crippen LogP contribution in [0.4, 0.5) is 5.69 Å². The molecular weight excluding hydrogens is 280 g/mol. The van der Waals surface area contributed by atoms with Crippen LogP contribution in [0.2, 0.25) is 0 Å². The predicted molar refractivity (Wildman–Crippen MR) is 85.7 cm³/mol. The second-order valence-corrected chi connectivity index (χ2v) is 5.14. The van der Waals surface area contributed by atoms with E-state index in [1.807, 2.05) is 38.1 Å². The standard InChI is InChI=1S/C17H18N2O3/c1-3-9-18-14-13-12(16(20)19-17(13)21)10-7-5-6-8-11(10)15(14)22-4-2/h5-8,18H,3-4,9H2,1-2H3,(H,19,20,21). The van der Waals surface area contributed by atoms with Gasteiger partial charge in [0, 0.05) is 11.9 Å². The first-order valence-corrected chi connectivity index (χ1v) is 7.50. The van der Waals surface area contributed by atoms with Crippen LogP contribution >= 0.6 is 0 Å². The first kappa shape index (κ1) is 14.4. The van der Waals surface area contributed by atoms with Gasteiger partial charge >= 0.3 is 0 Å². The SMILES string of the molecule is CCCNc1c2c(c3ccccc3c1OCC)C(=O)NC2=O. The van der Waals surface area contributed by atoms with E-state index in [-0.39, 0.29) is 11.8 Å². The van der Waals surface area contributed by atoms with E-state index in [4.69, 9.17) is 4.74 Å². The van der Waals surface area contributed by atoms with Gasteiger partial charge in [0.15, 0.2) is 5.75 Å². The molecule has 0 unspecified atom stereocenters. The summed E-state index contributed by atoms with van der Waals surface area (Å²) in [5, 5.41) is 7.22. The number of fused-ring (bicyclic) bond motifs is 3. The molecule has 2 aromatic carbocycles. The van der Waals surface area contributed by atoms with E-state index < -0.39 is 0 Å². The van der Waals surface area contributed by atoms with E-state index in [1.54, 1.807) is 0 Å². The fraction of sp³-hybridized carbons (Fsp3) is 0.294. The Morgan fingerprint density at radius 2 is 1.73 bits per heavy atom. The maximum absolute atomic E-state index is 12.2. The van der Waals surface area contributed by atoms with E-state index >= 15 is 0 Å². The smallest absolute Gasteiger partial charge is 0.261 e. The van der Waals surface area contributed by atoms with Crippen molar-refractivity contribution in [2.24, 2.45) is 0 Å². The number of imide groups is 1. The van der Waals surface area contributed by atoms with Crippen molar-refractivity contribution in [1.29, 1.82) is 0 Å². The van der Waals surface area contributed by atoms with Crippen LogP contribution in [0.3, 0.4) is 0 Å². The number of benzene rings is 2. The third-order valence-electron chi connectivity index (χ3n) is 3.69. The summed E-state index contributed by atoms with van der Waals surface area (Å²) in [6, 6.07) is 7.51. The Balaban J connectivity index is 2.38. The lowest BCUT2D eigenvalue weighted by atomic mass is 9.97. The zero-order valence-corrected chi connectivity index (χ0v) is 12.7. The highest BCUT2D eigenvalue weighted by Crippen LogP contribution is 2.42. The number of hydrogen-bond donors (Lipinski definition) is 2. The topological polar surface area (TPSA) is 67.4 Å². The summed E-state index contributed by atoms with van der Waals surface area (Å²) in [5.41, 5.74) is 1.43. The summed E-state index contributed by atoms with van der Waals surface area (Å²) in [6.45, 7) is 5.13. The highest BCUT2D eigenvalue weighted by Gasteiger charge is 2.34. The van der Waals surface area contributed by atoms with Gasteiger partial charge < -0.3 is 10.1 Å². The molecule has 0 aliphatic carbocycles. The molecule has 22 heavy (non-hydrogen) atoms. The van der Waals surface area contributed by atoms with Crippen molar-refractivity contribution in [2.45, 2.75) is 20.3 Å². The zero-order chi connectivity index (χ0) is 15.7. The van der Waals surface area contributed by atoms with Crippen molar-refractivity contribution >= 4 is 28.3 Å². The molecule has 114 valence electrons. The molecule has 0 bridgehead atoms. The molecule has 0 spiro atoms. The van der Waals surface area contributed by atoms with Gasteiger partial charge in [-0.2, -0.15) is 0 Å². The van der Waals surface area contributed by atoms with Crippen molar-refractivity contribution in [2.75, 3.05) is 18.5 Å². The molecule has 0 atom stereocenters. The van der Waals surface area contributed by atoms with Gasteiger partial charge in [-0.3, -0.25) is 14.9 Å². The van der Waals surface area contributed by atoms with Crippen molar-refractivity contribution in [3.05, 3.63) is 35.4 Å². The van der Waals surface area contributed by atoms with Crippen LogP contribution in [-0.4, -0.2) is 25.0 Å². The average molecular weight is 298 g/mol. The molecule has 2 N–H and O–H groups in total. The predicted octanol–water partition coefficient (Wildman–Crippen LogP) is 2.94. The van der Waals surface area contributed by atoms with E-state index in [0.717, 1.165) is 17.2 Å². The van der Waals surface area contributed by atoms with E-state index in [9.17, 15) is 9.59 Å². The highest BCUT2D eigenvalue weighted by molar-refractivity contribution is 6.30. The first-order chi connectivity index (χ1) is 10.7. The lowest BCUT2D eigenvalue weighted by Gasteiger charge is -2.18. The van der Waals surface area contributed by atoms with Crippen molar-refractivity contribution in [3.63, 3.8) is 0 Å². The molecule has 0 fully saturated rings. The van der Waals surface area contributed by atoms with Gasteiger partial charge in [-0.05, 0) is 18.7 Å². The summed E-state index contributed by atoms with van der Waals surface area (Å²) in [4.78, 5) is 24.4. The number of carbonyl (C=O) groups is 2. The molecular formula is C17H18N2O3. The Kier molecular flexibility index (Phi) is 3.71. The minimum atomic E-state index is -0.370. The highest BCUT2D eigenvalue weighted by atomic mass is 16.5. The summed E-state index contributed by atoms with van der Waals surface area (Å²) < 4.78 is 5.80. The minimum Gasteiger partial charge on any atom is -0.491 e. The van der Waals surface area contributed by atoms with Crippen LogP contribution in [0.1, 0.15) is 41.0 Å². The van der Waals surface area contributed by atoms with Crippen LogP contribution in [0.15, 0.2) is 24.3 Å². The molecule has 1 aliphatic rings. The number of ether oxygens (including phenoxy) is 1. The summed E-state index contributed by atoms with van der Waals surface area (Å²) in [6.07, 6.45) is 0.905. The molecule has 5 nitrogen and oxygen atoms in total. The second-order valence-electron chi connectivity index (χ2n) is 5.14. The van der Waals surface area contributed by atoms with E-state index in [0.29, 0.717) is 35.7 Å². The maximum Gasteiger partial charge on any atom is 0.261 e. The number of anilines is 1. The van der Waals surface area contributed by atoms with Crippen molar-refractivity contribution in [3.8, 4) is 5.75 Å². The fourth-order valence-electron chi connectivity index (χ4n) is 2.81. The van der Waals surface area contributed by atoms with Gasteiger partial charge in [-0.25, -0.2) is 0 Å². The Hall–Kier alpha value is -2.56. The molecule has 5 heteroatoms. The van der Waals surface area contributed by atoms with Gasteiger partial charge in [-0.15, -0.1) is 0 Å². The molecule has 1 heterocycles. The Labute approximate surface area is 128 Å². The first-order valence-electron chi connectivity index (χ1n) is 7.50. The molecule has 0 radical (unpaired) electrons. The van der Waals surface area contributed by atoms with Crippen LogP contribution in [-0.2, 0) is 0 Å². The van der Waals surface area contributed by atoms with E-state index in [1.165, 1.54) is 0 Å².